The summed E-state index contributed by atoms with van der Waals surface area (Å²) in [4.78, 5) is 35.4. The fourth-order valence-electron chi connectivity index (χ4n) is 4.73. The highest BCUT2D eigenvalue weighted by molar-refractivity contribution is 5.92. The molecule has 32 heavy (non-hydrogen) atoms. The summed E-state index contributed by atoms with van der Waals surface area (Å²) in [5, 5.41) is 10.8. The van der Waals surface area contributed by atoms with Crippen LogP contribution in [0.25, 0.3) is 0 Å². The molecule has 2 saturated heterocycles. The summed E-state index contributed by atoms with van der Waals surface area (Å²) in [6, 6.07) is 15.7. The van der Waals surface area contributed by atoms with Crippen LogP contribution in [0.4, 0.5) is 0 Å². The van der Waals surface area contributed by atoms with Gasteiger partial charge in [-0.1, -0.05) is 36.4 Å². The number of aromatic nitrogens is 1. The second kappa shape index (κ2) is 10.2. The van der Waals surface area contributed by atoms with Gasteiger partial charge in [-0.05, 0) is 30.5 Å². The van der Waals surface area contributed by atoms with Gasteiger partial charge in [0.15, 0.2) is 0 Å². The number of aliphatic hydroxyl groups is 1. The summed E-state index contributed by atoms with van der Waals surface area (Å²) in [7, 11) is 0. The third-order valence-corrected chi connectivity index (χ3v) is 6.60. The molecule has 7 heteroatoms. The first-order chi connectivity index (χ1) is 15.5. The molecular formula is C25H32N4O3. The van der Waals surface area contributed by atoms with Gasteiger partial charge >= 0.3 is 0 Å². The number of rotatable bonds is 4. The van der Waals surface area contributed by atoms with Crippen molar-refractivity contribution in [2.24, 2.45) is 0 Å². The fourth-order valence-corrected chi connectivity index (χ4v) is 4.73. The van der Waals surface area contributed by atoms with Crippen LogP contribution in [0, 0.1) is 0 Å². The maximum Gasteiger partial charge on any atom is 0.272 e. The van der Waals surface area contributed by atoms with Crippen LogP contribution in [-0.4, -0.2) is 88.0 Å². The molecule has 1 N–H and O–H groups in total. The van der Waals surface area contributed by atoms with Crippen molar-refractivity contribution in [2.75, 3.05) is 39.3 Å². The average molecular weight is 437 g/mol. The lowest BCUT2D eigenvalue weighted by atomic mass is 10.0. The van der Waals surface area contributed by atoms with Gasteiger partial charge in [0.2, 0.25) is 5.91 Å². The predicted molar refractivity (Wildman–Crippen MR) is 122 cm³/mol. The molecule has 2 aliphatic heterocycles. The number of hydrogen-bond donors (Lipinski definition) is 1. The summed E-state index contributed by atoms with van der Waals surface area (Å²) < 4.78 is 0. The number of carbonyl (C=O) groups is 2. The Hall–Kier alpha value is -2.77. The minimum atomic E-state index is -0.478. The lowest BCUT2D eigenvalue weighted by Gasteiger charge is -2.40. The van der Waals surface area contributed by atoms with Gasteiger partial charge in [-0.3, -0.25) is 14.5 Å². The SMILES string of the molecule is CC(=O)N1CCN([C@H]2CCN(C(=O)c3cccc(Cc4ccccc4)n3)CC[C@@H]2O)CC1. The molecule has 0 saturated carbocycles. The maximum atomic E-state index is 13.2. The molecule has 0 spiro atoms. The number of amides is 2. The first-order valence-electron chi connectivity index (χ1n) is 11.5. The summed E-state index contributed by atoms with van der Waals surface area (Å²) in [6.07, 6.45) is 1.48. The Labute approximate surface area is 189 Å². The lowest BCUT2D eigenvalue weighted by molar-refractivity contribution is -0.131. The predicted octanol–water partition coefficient (Wildman–Crippen LogP) is 1.80. The molecule has 3 heterocycles. The Morgan fingerprint density at radius 1 is 0.906 bits per heavy atom. The van der Waals surface area contributed by atoms with Gasteiger partial charge in [0.05, 0.1) is 6.10 Å². The van der Waals surface area contributed by atoms with Gasteiger partial charge in [0.1, 0.15) is 5.69 Å². The number of benzene rings is 1. The topological polar surface area (TPSA) is 77.0 Å². The Balaban J connectivity index is 1.38. The molecule has 2 aliphatic rings. The van der Waals surface area contributed by atoms with E-state index in [4.69, 9.17) is 0 Å². The number of likely N-dealkylation sites (tertiary alicyclic amines) is 1. The molecule has 2 fully saturated rings. The van der Waals surface area contributed by atoms with E-state index in [2.05, 4.69) is 22.0 Å². The lowest BCUT2D eigenvalue weighted by Crippen LogP contribution is -2.54. The van der Waals surface area contributed by atoms with Crippen molar-refractivity contribution in [3.63, 3.8) is 0 Å². The zero-order valence-electron chi connectivity index (χ0n) is 18.7. The van der Waals surface area contributed by atoms with Gasteiger partial charge in [0, 0.05) is 64.3 Å². The van der Waals surface area contributed by atoms with Crippen LogP contribution in [0.3, 0.4) is 0 Å². The highest BCUT2D eigenvalue weighted by Crippen LogP contribution is 2.21. The van der Waals surface area contributed by atoms with Gasteiger partial charge in [0.25, 0.3) is 5.91 Å². The number of piperazine rings is 1. The number of hydrogen-bond acceptors (Lipinski definition) is 5. The highest BCUT2D eigenvalue weighted by Gasteiger charge is 2.33. The Morgan fingerprint density at radius 3 is 2.34 bits per heavy atom. The van der Waals surface area contributed by atoms with Gasteiger partial charge in [-0.2, -0.15) is 0 Å². The molecule has 170 valence electrons. The monoisotopic (exact) mass is 436 g/mol. The fraction of sp³-hybridized carbons (Fsp3) is 0.480. The van der Waals surface area contributed by atoms with Gasteiger partial charge in [-0.25, -0.2) is 4.98 Å². The number of carbonyl (C=O) groups excluding carboxylic acids is 2. The minimum Gasteiger partial charge on any atom is -0.391 e. The highest BCUT2D eigenvalue weighted by atomic mass is 16.3. The van der Waals surface area contributed by atoms with Crippen molar-refractivity contribution in [2.45, 2.75) is 38.3 Å². The second-order valence-electron chi connectivity index (χ2n) is 8.72. The molecule has 0 unspecified atom stereocenters. The molecule has 0 aliphatic carbocycles. The van der Waals surface area contributed by atoms with E-state index in [1.54, 1.807) is 13.0 Å². The molecule has 0 radical (unpaired) electrons. The second-order valence-corrected chi connectivity index (χ2v) is 8.72. The molecule has 4 rings (SSSR count). The zero-order valence-corrected chi connectivity index (χ0v) is 18.7. The van der Waals surface area contributed by atoms with Crippen molar-refractivity contribution < 1.29 is 14.7 Å². The zero-order chi connectivity index (χ0) is 22.5. The molecule has 7 nitrogen and oxygen atoms in total. The van der Waals surface area contributed by atoms with Crippen molar-refractivity contribution in [3.05, 3.63) is 65.5 Å². The molecule has 2 amide bonds. The molecule has 1 aromatic heterocycles. The summed E-state index contributed by atoms with van der Waals surface area (Å²) >= 11 is 0. The molecule has 0 bridgehead atoms. The largest absolute Gasteiger partial charge is 0.391 e. The van der Waals surface area contributed by atoms with E-state index in [-0.39, 0.29) is 17.9 Å². The third-order valence-electron chi connectivity index (χ3n) is 6.60. The van der Waals surface area contributed by atoms with Crippen LogP contribution in [0.15, 0.2) is 48.5 Å². The van der Waals surface area contributed by atoms with Gasteiger partial charge < -0.3 is 14.9 Å². The standard InChI is InChI=1S/C25H32N4O3/c1-19(30)27-14-16-28(17-15-27)23-10-12-29(13-11-24(23)31)25(32)22-9-5-8-21(26-22)18-20-6-3-2-4-7-20/h2-9,23-24,31H,10-18H2,1H3/t23-,24-/m0/s1. The van der Waals surface area contributed by atoms with Crippen LogP contribution in [0.5, 0.6) is 0 Å². The summed E-state index contributed by atoms with van der Waals surface area (Å²) in [5.41, 5.74) is 2.50. The number of pyridine rings is 1. The van der Waals surface area contributed by atoms with E-state index in [1.165, 1.54) is 0 Å². The number of nitrogens with zero attached hydrogens (tertiary/aromatic N) is 4. The van der Waals surface area contributed by atoms with E-state index >= 15 is 0 Å². The van der Waals surface area contributed by atoms with Crippen molar-refractivity contribution in [1.82, 2.24) is 19.7 Å². The summed E-state index contributed by atoms with van der Waals surface area (Å²) in [5.74, 6) is 0.0268. The quantitative estimate of drug-likeness (QED) is 0.791. The minimum absolute atomic E-state index is 0.0132. The Bertz CT molecular complexity index is 928. The smallest absolute Gasteiger partial charge is 0.272 e. The first kappa shape index (κ1) is 22.4. The van der Waals surface area contributed by atoms with Crippen molar-refractivity contribution in [1.29, 1.82) is 0 Å². The van der Waals surface area contributed by atoms with Crippen LogP contribution in [0.1, 0.15) is 41.5 Å². The van der Waals surface area contributed by atoms with E-state index in [0.717, 1.165) is 30.8 Å². The molecule has 2 atom stereocenters. The van der Waals surface area contributed by atoms with Crippen LogP contribution in [0.2, 0.25) is 0 Å². The van der Waals surface area contributed by atoms with Crippen molar-refractivity contribution >= 4 is 11.8 Å². The Morgan fingerprint density at radius 2 is 1.62 bits per heavy atom. The molecule has 2 aromatic rings. The summed E-state index contributed by atoms with van der Waals surface area (Å²) in [6.45, 7) is 5.63. The Kier molecular flexibility index (Phi) is 7.17. The number of aliphatic hydroxyl groups excluding tert-OH is 1. The van der Waals surface area contributed by atoms with Crippen LogP contribution >= 0.6 is 0 Å². The van der Waals surface area contributed by atoms with Crippen molar-refractivity contribution in [3.8, 4) is 0 Å². The average Bonchev–Trinajstić information content (AvgIpc) is 3.01. The molecular weight excluding hydrogens is 404 g/mol. The van der Waals surface area contributed by atoms with E-state index < -0.39 is 6.10 Å². The normalized spacial score (nSPS) is 22.4. The third kappa shape index (κ3) is 5.34. The van der Waals surface area contributed by atoms with Crippen LogP contribution < -0.4 is 0 Å². The van der Waals surface area contributed by atoms with Crippen LogP contribution in [-0.2, 0) is 11.2 Å². The first-order valence-corrected chi connectivity index (χ1v) is 11.5. The van der Waals surface area contributed by atoms with E-state index in [1.807, 2.05) is 40.1 Å². The maximum absolute atomic E-state index is 13.2. The van der Waals surface area contributed by atoms with E-state index in [9.17, 15) is 14.7 Å². The molecule has 1 aromatic carbocycles. The van der Waals surface area contributed by atoms with E-state index in [0.29, 0.717) is 44.7 Å². The van der Waals surface area contributed by atoms with Gasteiger partial charge in [-0.15, -0.1) is 0 Å².